The highest BCUT2D eigenvalue weighted by Crippen LogP contribution is 2.45. The van der Waals surface area contributed by atoms with Gasteiger partial charge in [-0.3, -0.25) is 10.1 Å². The lowest BCUT2D eigenvalue weighted by Crippen LogP contribution is -2.34. The Hall–Kier alpha value is -2.81. The van der Waals surface area contributed by atoms with E-state index in [1.807, 2.05) is 55.3 Å². The number of rotatable bonds is 13. The summed E-state index contributed by atoms with van der Waals surface area (Å²) in [6.45, 7) is 9.63. The zero-order chi connectivity index (χ0) is 30.3. The highest BCUT2D eigenvalue weighted by atomic mass is 32.2. The molecule has 0 aliphatic heterocycles. The number of nitrogens with zero attached hydrogens (tertiary/aromatic N) is 3. The lowest BCUT2D eigenvalue weighted by atomic mass is 9.89. The molecule has 0 saturated heterocycles. The van der Waals surface area contributed by atoms with Crippen molar-refractivity contribution in [2.75, 3.05) is 18.7 Å². The predicted octanol–water partition coefficient (Wildman–Crippen LogP) is 7.40. The molecule has 0 bridgehead atoms. The molecule has 1 aromatic carbocycles. The summed E-state index contributed by atoms with van der Waals surface area (Å²) < 4.78 is 35.1. The number of hydrogen-bond donors (Lipinski definition) is 3. The average Bonchev–Trinajstić information content (AvgIpc) is 3.71. The summed E-state index contributed by atoms with van der Waals surface area (Å²) in [5, 5.41) is 10.7. The number of benzene rings is 1. The maximum absolute atomic E-state index is 15.4. The van der Waals surface area contributed by atoms with Crippen molar-refractivity contribution in [2.45, 2.75) is 70.4 Å². The minimum absolute atomic E-state index is 0.178. The summed E-state index contributed by atoms with van der Waals surface area (Å²) in [5.41, 5.74) is 10.1. The number of hydrogen-bond acceptors (Lipinski definition) is 7. The molecule has 41 heavy (non-hydrogen) atoms. The molecule has 11 heteroatoms. The number of allylic oxidation sites excluding steroid dienone is 4. The minimum Gasteiger partial charge on any atom is -0.404 e. The fourth-order valence-corrected chi connectivity index (χ4v) is 5.05. The molecule has 0 amide bonds. The molecule has 0 radical (unpaired) electrons. The number of halogens is 2. The quantitative estimate of drug-likeness (QED) is 0.0729. The maximum atomic E-state index is 15.4. The molecular weight excluding hydrogens is 561 g/mol. The Labute approximate surface area is 248 Å². The molecule has 222 valence electrons. The van der Waals surface area contributed by atoms with Crippen LogP contribution in [-0.4, -0.2) is 41.5 Å². The first-order valence-electron chi connectivity index (χ1n) is 13.5. The van der Waals surface area contributed by atoms with E-state index < -0.39 is 11.6 Å². The Bertz CT molecular complexity index is 1390. The highest BCUT2D eigenvalue weighted by Gasteiger charge is 2.36. The van der Waals surface area contributed by atoms with E-state index in [-0.39, 0.29) is 11.7 Å². The second kappa shape index (κ2) is 14.4. The Morgan fingerprint density at radius 2 is 2.07 bits per heavy atom. The van der Waals surface area contributed by atoms with Gasteiger partial charge < -0.3 is 15.8 Å². The van der Waals surface area contributed by atoms with Gasteiger partial charge in [-0.2, -0.15) is 5.10 Å². The van der Waals surface area contributed by atoms with E-state index in [2.05, 4.69) is 27.4 Å². The molecule has 3 unspecified atom stereocenters. The van der Waals surface area contributed by atoms with Crippen LogP contribution in [0.4, 0.5) is 14.6 Å². The first-order chi connectivity index (χ1) is 19.5. The molecule has 1 aromatic heterocycles. The van der Waals surface area contributed by atoms with Crippen molar-refractivity contribution in [3.05, 3.63) is 75.7 Å². The highest BCUT2D eigenvalue weighted by molar-refractivity contribution is 7.98. The molecule has 1 aliphatic carbocycles. The lowest BCUT2D eigenvalue weighted by molar-refractivity contribution is 0.0605. The topological polar surface area (TPSA) is 101 Å². The van der Waals surface area contributed by atoms with Gasteiger partial charge >= 0.3 is 0 Å². The Kier molecular flexibility index (Phi) is 11.5. The molecule has 1 aliphatic rings. The van der Waals surface area contributed by atoms with Crippen LogP contribution in [0.25, 0.3) is 0 Å². The summed E-state index contributed by atoms with van der Waals surface area (Å²) in [6.07, 6.45) is 7.45. The van der Waals surface area contributed by atoms with Gasteiger partial charge in [0, 0.05) is 52.9 Å². The van der Waals surface area contributed by atoms with Crippen molar-refractivity contribution in [1.29, 1.82) is 0 Å². The average molecular weight is 603 g/mol. The van der Waals surface area contributed by atoms with Crippen molar-refractivity contribution < 1.29 is 13.5 Å². The molecule has 0 spiro atoms. The van der Waals surface area contributed by atoms with E-state index in [9.17, 15) is 4.39 Å². The zero-order valence-electron chi connectivity index (χ0n) is 24.8. The van der Waals surface area contributed by atoms with Gasteiger partial charge in [0.2, 0.25) is 6.04 Å². The standard InChI is InChI=1S/C30H41F2N6OPS/c1-8-17(2)26(21(15-33)16-34-29(32)40)27(20-9-10-20)28(36-25-13-18(3)37-38-25)35-19(4)30(5,39-6)23-12-11-22(41-7)14-24(23)31/h11-16,20,29H,8-10,33,40H2,1-7H3,(H2,36,37,38)/b21-15+,26-17+,28-27+,34-16+,35-19+. The predicted molar refractivity (Wildman–Crippen MR) is 171 cm³/mol. The lowest BCUT2D eigenvalue weighted by Gasteiger charge is -2.30. The molecule has 3 atom stereocenters. The van der Waals surface area contributed by atoms with Crippen LogP contribution in [-0.2, 0) is 10.3 Å². The van der Waals surface area contributed by atoms with Gasteiger partial charge in [0.05, 0.1) is 5.71 Å². The van der Waals surface area contributed by atoms with Crippen molar-refractivity contribution in [3.8, 4) is 0 Å². The van der Waals surface area contributed by atoms with Gasteiger partial charge in [-0.1, -0.05) is 27.8 Å². The number of alkyl halides is 1. The summed E-state index contributed by atoms with van der Waals surface area (Å²) >= 11 is 1.47. The number of H-pyrrole nitrogens is 1. The van der Waals surface area contributed by atoms with E-state index >= 15 is 4.39 Å². The number of aromatic amines is 1. The van der Waals surface area contributed by atoms with Crippen molar-refractivity contribution in [3.63, 3.8) is 0 Å². The number of nitrogens with one attached hydrogen (secondary N) is 2. The van der Waals surface area contributed by atoms with E-state index in [1.54, 1.807) is 13.2 Å². The first kappa shape index (κ1) is 32.7. The van der Waals surface area contributed by atoms with Crippen LogP contribution >= 0.6 is 21.0 Å². The molecule has 3 rings (SSSR count). The number of aliphatic imine (C=N–C) groups is 2. The Morgan fingerprint density at radius 1 is 1.37 bits per heavy atom. The molecule has 4 N–H and O–H groups in total. The SMILES string of the molecule is CC/C(C)=C(C(=C\N)\C=N\C(F)P)/C(=C(\N=C(/C)C(C)(OC)c1ccc(SC)cc1F)Nc1cc(C)[nH]n1)C1CC1. The van der Waals surface area contributed by atoms with Gasteiger partial charge in [0.25, 0.3) is 0 Å². The monoisotopic (exact) mass is 602 g/mol. The fraction of sp³-hybridized carbons (Fsp3) is 0.433. The third-order valence-corrected chi connectivity index (χ3v) is 8.21. The second-order valence-electron chi connectivity index (χ2n) is 10.2. The van der Waals surface area contributed by atoms with Crippen LogP contribution in [0, 0.1) is 18.7 Å². The van der Waals surface area contributed by atoms with Gasteiger partial charge in [-0.15, -0.1) is 11.8 Å². The second-order valence-corrected chi connectivity index (χ2v) is 11.6. The van der Waals surface area contributed by atoms with Gasteiger partial charge in [-0.05, 0) is 76.8 Å². The Morgan fingerprint density at radius 3 is 2.56 bits per heavy atom. The minimum atomic E-state index is -1.46. The summed E-state index contributed by atoms with van der Waals surface area (Å²) in [7, 11) is 3.57. The summed E-state index contributed by atoms with van der Waals surface area (Å²) in [4.78, 5) is 9.87. The van der Waals surface area contributed by atoms with Gasteiger partial charge in [-0.25, -0.2) is 13.8 Å². The fourth-order valence-electron chi connectivity index (χ4n) is 4.53. The summed E-state index contributed by atoms with van der Waals surface area (Å²) in [6, 6.07) is 5.55. The third kappa shape index (κ3) is 7.93. The number of aryl methyl sites for hydroxylation is 1. The molecular formula is C30H41F2N6OPS. The van der Waals surface area contributed by atoms with E-state index in [4.69, 9.17) is 15.5 Å². The first-order valence-corrected chi connectivity index (χ1v) is 15.4. The van der Waals surface area contributed by atoms with Gasteiger partial charge in [0.1, 0.15) is 17.2 Å². The normalized spacial score (nSPS) is 18.2. The molecule has 1 heterocycles. The van der Waals surface area contributed by atoms with Crippen molar-refractivity contribution in [1.82, 2.24) is 10.2 Å². The smallest absolute Gasteiger partial charge is 0.201 e. The number of thioether (sulfide) groups is 1. The molecule has 7 nitrogen and oxygen atoms in total. The molecule has 2 aromatic rings. The number of anilines is 1. The number of methoxy groups -OCH3 is 1. The number of ether oxygens (including phenoxy) is 1. The van der Waals surface area contributed by atoms with Crippen molar-refractivity contribution in [2.24, 2.45) is 21.6 Å². The van der Waals surface area contributed by atoms with Crippen LogP contribution in [0.3, 0.4) is 0 Å². The third-order valence-electron chi connectivity index (χ3n) is 7.31. The van der Waals surface area contributed by atoms with Gasteiger partial charge in [0.15, 0.2) is 5.82 Å². The van der Waals surface area contributed by atoms with Crippen LogP contribution in [0.1, 0.15) is 58.2 Å². The maximum Gasteiger partial charge on any atom is 0.201 e. The van der Waals surface area contributed by atoms with Crippen LogP contribution < -0.4 is 11.1 Å². The zero-order valence-corrected chi connectivity index (χ0v) is 26.8. The molecule has 1 saturated carbocycles. The van der Waals surface area contributed by atoms with E-state index in [0.29, 0.717) is 28.5 Å². The van der Waals surface area contributed by atoms with Crippen LogP contribution in [0.5, 0.6) is 0 Å². The van der Waals surface area contributed by atoms with Crippen molar-refractivity contribution >= 4 is 38.7 Å². The van der Waals surface area contributed by atoms with Crippen LogP contribution in [0.2, 0.25) is 0 Å². The largest absolute Gasteiger partial charge is 0.404 e. The number of nitrogens with two attached hydrogens (primary N) is 1. The molecule has 1 fully saturated rings. The van der Waals surface area contributed by atoms with E-state index in [0.717, 1.165) is 46.6 Å². The number of aromatic nitrogens is 2. The van der Waals surface area contributed by atoms with E-state index in [1.165, 1.54) is 30.2 Å². The Balaban J connectivity index is 2.32. The summed E-state index contributed by atoms with van der Waals surface area (Å²) in [5.74, 6) is 0.928. The van der Waals surface area contributed by atoms with Crippen LogP contribution in [0.15, 0.2) is 73.5 Å².